The van der Waals surface area contributed by atoms with Crippen LogP contribution in [-0.2, 0) is 0 Å². The minimum atomic E-state index is 0.546. The highest BCUT2D eigenvalue weighted by Gasteiger charge is 2.17. The number of allylic oxidation sites excluding steroid dienone is 2. The third kappa shape index (κ3) is 1.78. The van der Waals surface area contributed by atoms with Crippen LogP contribution in [0.1, 0.15) is 30.0 Å². The molecule has 0 saturated carbocycles. The van der Waals surface area contributed by atoms with E-state index in [9.17, 15) is 0 Å². The number of hydrogen-bond acceptors (Lipinski definition) is 1. The van der Waals surface area contributed by atoms with Crippen molar-refractivity contribution in [2.45, 2.75) is 18.8 Å². The molecule has 1 aromatic heterocycles. The number of pyridine rings is 1. The van der Waals surface area contributed by atoms with Crippen LogP contribution in [0.5, 0.6) is 0 Å². The smallest absolute Gasteiger partial charge is 0.0709 e. The summed E-state index contributed by atoms with van der Waals surface area (Å²) in [4.78, 5) is 4.73. The number of rotatable bonds is 2. The number of fused-ring (bicyclic) bond motifs is 2. The molecule has 0 fully saturated rings. The predicted octanol–water partition coefficient (Wildman–Crippen LogP) is 4.31. The fourth-order valence-electron chi connectivity index (χ4n) is 2.50. The molecule has 17 heavy (non-hydrogen) atoms. The fourth-order valence-corrected chi connectivity index (χ4v) is 2.50. The minimum Gasteiger partial charge on any atom is -0.248 e. The van der Waals surface area contributed by atoms with Gasteiger partial charge in [0.1, 0.15) is 0 Å². The standard InChI is InChI=1S/C16H15N/c1-2-6-12-8-5-10-16-14(12)11-13-7-3-4-9-15(13)17-16/h2-5,7,9-12H,1,6,8H2. The third-order valence-electron chi connectivity index (χ3n) is 3.37. The van der Waals surface area contributed by atoms with Gasteiger partial charge >= 0.3 is 0 Å². The maximum atomic E-state index is 4.73. The number of aromatic nitrogens is 1. The van der Waals surface area contributed by atoms with E-state index in [0.29, 0.717) is 5.92 Å². The van der Waals surface area contributed by atoms with Gasteiger partial charge in [-0.2, -0.15) is 0 Å². The number of nitrogens with zero attached hydrogens (tertiary/aromatic N) is 1. The molecule has 1 nitrogen and oxygen atoms in total. The summed E-state index contributed by atoms with van der Waals surface area (Å²) in [5.41, 5.74) is 3.57. The molecule has 1 aliphatic rings. The van der Waals surface area contributed by atoms with Crippen LogP contribution in [-0.4, -0.2) is 4.98 Å². The lowest BCUT2D eigenvalue weighted by Crippen LogP contribution is -2.05. The molecular weight excluding hydrogens is 206 g/mol. The van der Waals surface area contributed by atoms with Crippen molar-refractivity contribution in [1.82, 2.24) is 4.98 Å². The summed E-state index contributed by atoms with van der Waals surface area (Å²) in [5.74, 6) is 0.546. The summed E-state index contributed by atoms with van der Waals surface area (Å²) in [5, 5.41) is 1.23. The summed E-state index contributed by atoms with van der Waals surface area (Å²) in [7, 11) is 0. The highest BCUT2D eigenvalue weighted by molar-refractivity contribution is 5.81. The van der Waals surface area contributed by atoms with E-state index < -0.39 is 0 Å². The predicted molar refractivity (Wildman–Crippen MR) is 72.9 cm³/mol. The molecule has 1 unspecified atom stereocenters. The third-order valence-corrected chi connectivity index (χ3v) is 3.37. The summed E-state index contributed by atoms with van der Waals surface area (Å²) in [6, 6.07) is 10.6. The van der Waals surface area contributed by atoms with Crippen LogP contribution < -0.4 is 0 Å². The highest BCUT2D eigenvalue weighted by Crippen LogP contribution is 2.33. The monoisotopic (exact) mass is 221 g/mol. The van der Waals surface area contributed by atoms with E-state index in [1.165, 1.54) is 10.9 Å². The molecule has 0 bridgehead atoms. The van der Waals surface area contributed by atoms with E-state index >= 15 is 0 Å². The van der Waals surface area contributed by atoms with Gasteiger partial charge in [0.25, 0.3) is 0 Å². The molecule has 0 saturated heterocycles. The number of para-hydroxylation sites is 1. The molecule has 3 rings (SSSR count). The van der Waals surface area contributed by atoms with Gasteiger partial charge in [-0.25, -0.2) is 4.98 Å². The second-order valence-electron chi connectivity index (χ2n) is 4.51. The van der Waals surface area contributed by atoms with E-state index in [1.807, 2.05) is 12.1 Å². The van der Waals surface area contributed by atoms with Gasteiger partial charge < -0.3 is 0 Å². The van der Waals surface area contributed by atoms with Gasteiger partial charge in [0.05, 0.1) is 11.2 Å². The SMILES string of the molecule is C=CCC1CC=Cc2nc3ccccc3cc21. The molecule has 1 aliphatic carbocycles. The lowest BCUT2D eigenvalue weighted by molar-refractivity contribution is 0.702. The normalized spacial score (nSPS) is 18.0. The van der Waals surface area contributed by atoms with Crippen LogP contribution in [0.4, 0.5) is 0 Å². The van der Waals surface area contributed by atoms with E-state index in [0.717, 1.165) is 24.1 Å². The Balaban J connectivity index is 2.19. The molecule has 1 atom stereocenters. The van der Waals surface area contributed by atoms with E-state index in [2.05, 4.69) is 43.0 Å². The molecule has 1 heterocycles. The molecule has 0 spiro atoms. The van der Waals surface area contributed by atoms with Crippen molar-refractivity contribution < 1.29 is 0 Å². The quantitative estimate of drug-likeness (QED) is 0.688. The van der Waals surface area contributed by atoms with Crippen molar-refractivity contribution in [2.24, 2.45) is 0 Å². The van der Waals surface area contributed by atoms with E-state index in [1.54, 1.807) is 0 Å². The Labute approximate surface area is 102 Å². The Hall–Kier alpha value is -1.89. The minimum absolute atomic E-state index is 0.546. The van der Waals surface area contributed by atoms with E-state index in [-0.39, 0.29) is 0 Å². The lowest BCUT2D eigenvalue weighted by Gasteiger charge is -2.20. The van der Waals surface area contributed by atoms with Gasteiger partial charge in [-0.15, -0.1) is 6.58 Å². The van der Waals surface area contributed by atoms with Gasteiger partial charge in [-0.1, -0.05) is 30.4 Å². The Bertz CT molecular complexity index is 595. The maximum Gasteiger partial charge on any atom is 0.0709 e. The zero-order valence-corrected chi connectivity index (χ0v) is 9.76. The van der Waals surface area contributed by atoms with Crippen molar-refractivity contribution >= 4 is 17.0 Å². The molecule has 2 aromatic rings. The fraction of sp³-hybridized carbons (Fsp3) is 0.188. The highest BCUT2D eigenvalue weighted by atomic mass is 14.7. The van der Waals surface area contributed by atoms with Crippen LogP contribution in [0.3, 0.4) is 0 Å². The Kier molecular flexibility index (Phi) is 2.52. The summed E-state index contributed by atoms with van der Waals surface area (Å²) >= 11 is 0. The first-order chi connectivity index (χ1) is 8.38. The molecule has 0 N–H and O–H groups in total. The molecule has 1 aromatic carbocycles. The second kappa shape index (κ2) is 4.17. The first-order valence-electron chi connectivity index (χ1n) is 6.05. The van der Waals surface area contributed by atoms with Gasteiger partial charge in [0.15, 0.2) is 0 Å². The number of benzene rings is 1. The molecular formula is C16H15N. The zero-order chi connectivity index (χ0) is 11.7. The first-order valence-corrected chi connectivity index (χ1v) is 6.05. The molecule has 0 amide bonds. The maximum absolute atomic E-state index is 4.73. The topological polar surface area (TPSA) is 12.9 Å². The Morgan fingerprint density at radius 1 is 1.35 bits per heavy atom. The summed E-state index contributed by atoms with van der Waals surface area (Å²) in [6.07, 6.45) is 8.48. The van der Waals surface area contributed by atoms with Crippen LogP contribution >= 0.6 is 0 Å². The van der Waals surface area contributed by atoms with Gasteiger partial charge in [0, 0.05) is 5.39 Å². The number of hydrogen-bond donors (Lipinski definition) is 0. The average Bonchev–Trinajstić information content (AvgIpc) is 2.37. The van der Waals surface area contributed by atoms with Gasteiger partial charge in [-0.05, 0) is 42.5 Å². The average molecular weight is 221 g/mol. The van der Waals surface area contributed by atoms with Crippen LogP contribution in [0.15, 0.2) is 49.1 Å². The molecule has 84 valence electrons. The van der Waals surface area contributed by atoms with Crippen molar-refractivity contribution in [3.8, 4) is 0 Å². The molecule has 1 heteroatoms. The zero-order valence-electron chi connectivity index (χ0n) is 9.76. The molecule has 0 aliphatic heterocycles. The van der Waals surface area contributed by atoms with Crippen LogP contribution in [0.2, 0.25) is 0 Å². The first kappa shape index (κ1) is 10.3. The van der Waals surface area contributed by atoms with Gasteiger partial charge in [0.2, 0.25) is 0 Å². The van der Waals surface area contributed by atoms with Crippen LogP contribution in [0, 0.1) is 0 Å². The largest absolute Gasteiger partial charge is 0.248 e. The van der Waals surface area contributed by atoms with Crippen LogP contribution in [0.25, 0.3) is 17.0 Å². The Morgan fingerprint density at radius 2 is 2.24 bits per heavy atom. The van der Waals surface area contributed by atoms with E-state index in [4.69, 9.17) is 4.98 Å². The lowest BCUT2D eigenvalue weighted by atomic mass is 9.87. The van der Waals surface area contributed by atoms with Crippen molar-refractivity contribution in [1.29, 1.82) is 0 Å². The molecule has 0 radical (unpaired) electrons. The van der Waals surface area contributed by atoms with Crippen molar-refractivity contribution in [2.75, 3.05) is 0 Å². The summed E-state index contributed by atoms with van der Waals surface area (Å²) < 4.78 is 0. The van der Waals surface area contributed by atoms with Crippen molar-refractivity contribution in [3.05, 3.63) is 60.3 Å². The Morgan fingerprint density at radius 3 is 3.12 bits per heavy atom. The summed E-state index contributed by atoms with van der Waals surface area (Å²) in [6.45, 7) is 3.85. The van der Waals surface area contributed by atoms with Crippen molar-refractivity contribution in [3.63, 3.8) is 0 Å². The second-order valence-corrected chi connectivity index (χ2v) is 4.51. The van der Waals surface area contributed by atoms with Gasteiger partial charge in [-0.3, -0.25) is 0 Å².